The van der Waals surface area contributed by atoms with Crippen molar-refractivity contribution in [2.75, 3.05) is 11.9 Å². The smallest absolute Gasteiger partial charge is 0.340 e. The predicted molar refractivity (Wildman–Crippen MR) is 101 cm³/mol. The Balaban J connectivity index is 2.00. The Morgan fingerprint density at radius 3 is 2.50 bits per heavy atom. The number of thiocyanates is 1. The number of nitrogens with zero attached hydrogens (tertiary/aromatic N) is 2. The molecule has 9 heteroatoms. The summed E-state index contributed by atoms with van der Waals surface area (Å²) in [6.07, 6.45) is 1.22. The number of ether oxygens (including phenoxy) is 1. The zero-order chi connectivity index (χ0) is 19.3. The van der Waals surface area contributed by atoms with Gasteiger partial charge in [0.1, 0.15) is 10.6 Å². The summed E-state index contributed by atoms with van der Waals surface area (Å²) in [5, 5.41) is 13.6. The van der Waals surface area contributed by atoms with E-state index in [9.17, 15) is 9.59 Å². The Morgan fingerprint density at radius 1 is 1.27 bits per heavy atom. The van der Waals surface area contributed by atoms with Crippen LogP contribution in [-0.2, 0) is 9.53 Å². The molecule has 0 spiro atoms. The minimum absolute atomic E-state index is 0.0740. The van der Waals surface area contributed by atoms with Crippen LogP contribution in [0, 0.1) is 24.5 Å². The van der Waals surface area contributed by atoms with Crippen molar-refractivity contribution < 1.29 is 14.3 Å². The topological polar surface area (TPSA) is 92.1 Å². The highest BCUT2D eigenvalue weighted by Crippen LogP contribution is 2.27. The number of halogens is 2. The van der Waals surface area contributed by atoms with E-state index in [1.165, 1.54) is 12.3 Å². The number of carbonyl (C=O) groups excluding carboxylic acids is 2. The maximum absolute atomic E-state index is 12.1. The van der Waals surface area contributed by atoms with E-state index in [-0.39, 0.29) is 15.7 Å². The summed E-state index contributed by atoms with van der Waals surface area (Å²) < 4.78 is 4.96. The van der Waals surface area contributed by atoms with Gasteiger partial charge in [0, 0.05) is 16.8 Å². The molecule has 2 aromatic rings. The number of amides is 1. The Morgan fingerprint density at radius 2 is 1.92 bits per heavy atom. The van der Waals surface area contributed by atoms with Crippen molar-refractivity contribution in [3.05, 3.63) is 51.3 Å². The number of carbonyl (C=O) groups is 2. The number of esters is 1. The number of anilines is 1. The van der Waals surface area contributed by atoms with Crippen molar-refractivity contribution in [1.82, 2.24) is 4.98 Å². The van der Waals surface area contributed by atoms with E-state index in [0.29, 0.717) is 5.69 Å². The first-order chi connectivity index (χ1) is 12.3. The molecule has 0 saturated heterocycles. The van der Waals surface area contributed by atoms with E-state index >= 15 is 0 Å². The number of aryl methyl sites for hydroxylation is 2. The van der Waals surface area contributed by atoms with Gasteiger partial charge >= 0.3 is 5.97 Å². The van der Waals surface area contributed by atoms with Crippen LogP contribution in [0.4, 0.5) is 5.69 Å². The minimum Gasteiger partial charge on any atom is -0.452 e. The lowest BCUT2D eigenvalue weighted by atomic mass is 10.1. The van der Waals surface area contributed by atoms with Gasteiger partial charge in [0.15, 0.2) is 6.61 Å². The molecular formula is C17H13Cl2N3O3S. The third-order valence-corrected chi connectivity index (χ3v) is 4.55. The molecule has 134 valence electrons. The maximum Gasteiger partial charge on any atom is 0.340 e. The van der Waals surface area contributed by atoms with Crippen molar-refractivity contribution in [1.29, 1.82) is 5.26 Å². The molecule has 0 saturated carbocycles. The largest absolute Gasteiger partial charge is 0.452 e. The van der Waals surface area contributed by atoms with Gasteiger partial charge in [-0.2, -0.15) is 5.26 Å². The molecule has 1 aromatic carbocycles. The van der Waals surface area contributed by atoms with Gasteiger partial charge in [-0.05, 0) is 54.9 Å². The molecule has 0 unspecified atom stereocenters. The van der Waals surface area contributed by atoms with Crippen LogP contribution in [0.3, 0.4) is 0 Å². The van der Waals surface area contributed by atoms with Crippen LogP contribution in [0.5, 0.6) is 0 Å². The normalized spacial score (nSPS) is 10.1. The predicted octanol–water partition coefficient (Wildman–Crippen LogP) is 4.37. The summed E-state index contributed by atoms with van der Waals surface area (Å²) >= 11 is 12.5. The van der Waals surface area contributed by atoms with E-state index in [1.54, 1.807) is 12.1 Å². The summed E-state index contributed by atoms with van der Waals surface area (Å²) in [4.78, 5) is 28.6. The lowest BCUT2D eigenvalue weighted by Gasteiger charge is -2.13. The summed E-state index contributed by atoms with van der Waals surface area (Å²) in [6.45, 7) is 3.17. The Bertz CT molecular complexity index is 890. The van der Waals surface area contributed by atoms with Gasteiger partial charge in [-0.15, -0.1) is 0 Å². The number of pyridine rings is 1. The van der Waals surface area contributed by atoms with Crippen molar-refractivity contribution in [3.8, 4) is 5.40 Å². The molecule has 26 heavy (non-hydrogen) atoms. The third kappa shape index (κ3) is 5.11. The van der Waals surface area contributed by atoms with E-state index < -0.39 is 18.5 Å². The van der Waals surface area contributed by atoms with Crippen LogP contribution in [0.2, 0.25) is 10.2 Å². The van der Waals surface area contributed by atoms with Crippen LogP contribution in [0.25, 0.3) is 0 Å². The molecule has 0 aliphatic carbocycles. The van der Waals surface area contributed by atoms with E-state index in [1.807, 2.05) is 19.2 Å². The van der Waals surface area contributed by atoms with Gasteiger partial charge < -0.3 is 10.1 Å². The van der Waals surface area contributed by atoms with Crippen LogP contribution < -0.4 is 5.32 Å². The monoisotopic (exact) mass is 409 g/mol. The first-order valence-corrected chi connectivity index (χ1v) is 8.84. The second kappa shape index (κ2) is 8.90. The summed E-state index contributed by atoms with van der Waals surface area (Å²) in [5.74, 6) is -1.22. The van der Waals surface area contributed by atoms with Gasteiger partial charge in [-0.3, -0.25) is 4.79 Å². The number of nitrogens with one attached hydrogen (secondary N) is 1. The van der Waals surface area contributed by atoms with Crippen LogP contribution in [-0.4, -0.2) is 23.5 Å². The SMILES string of the molecule is Cc1cc(SC#N)cc(C)c1NC(=O)COC(=O)c1cnc(Cl)c(Cl)c1. The molecule has 0 fully saturated rings. The van der Waals surface area contributed by atoms with E-state index in [0.717, 1.165) is 27.8 Å². The second-order valence-corrected chi connectivity index (χ2v) is 6.87. The van der Waals surface area contributed by atoms with Gasteiger partial charge in [0.25, 0.3) is 5.91 Å². The first-order valence-electron chi connectivity index (χ1n) is 7.27. The number of hydrogen-bond donors (Lipinski definition) is 1. The Kier molecular flexibility index (Phi) is 6.86. The van der Waals surface area contributed by atoms with Crippen molar-refractivity contribution >= 4 is 52.5 Å². The molecule has 0 bridgehead atoms. The summed E-state index contributed by atoms with van der Waals surface area (Å²) in [7, 11) is 0. The van der Waals surface area contributed by atoms with Crippen LogP contribution in [0.1, 0.15) is 21.5 Å². The molecule has 1 aromatic heterocycles. The fourth-order valence-electron chi connectivity index (χ4n) is 2.16. The van der Waals surface area contributed by atoms with E-state index in [4.69, 9.17) is 33.2 Å². The molecule has 2 rings (SSSR count). The number of benzene rings is 1. The van der Waals surface area contributed by atoms with Crippen molar-refractivity contribution in [2.24, 2.45) is 0 Å². The highest BCUT2D eigenvalue weighted by atomic mass is 35.5. The van der Waals surface area contributed by atoms with Gasteiger partial charge in [-0.1, -0.05) is 23.2 Å². The van der Waals surface area contributed by atoms with E-state index in [2.05, 4.69) is 10.3 Å². The molecule has 1 heterocycles. The Hall–Kier alpha value is -2.27. The average Bonchev–Trinajstić information content (AvgIpc) is 2.58. The molecule has 0 aliphatic rings. The van der Waals surface area contributed by atoms with Gasteiger partial charge in [0.05, 0.1) is 10.6 Å². The summed E-state index contributed by atoms with van der Waals surface area (Å²) in [6, 6.07) is 4.91. The molecular weight excluding hydrogens is 397 g/mol. The number of thioether (sulfide) groups is 1. The summed E-state index contributed by atoms with van der Waals surface area (Å²) in [5.41, 5.74) is 2.31. The molecule has 0 radical (unpaired) electrons. The molecule has 0 aliphatic heterocycles. The van der Waals surface area contributed by atoms with Crippen molar-refractivity contribution in [2.45, 2.75) is 18.7 Å². The number of aromatic nitrogens is 1. The highest BCUT2D eigenvalue weighted by molar-refractivity contribution is 8.03. The van der Waals surface area contributed by atoms with Gasteiger partial charge in [-0.25, -0.2) is 9.78 Å². The average molecular weight is 410 g/mol. The fraction of sp³-hybridized carbons (Fsp3) is 0.176. The molecule has 1 N–H and O–H groups in total. The maximum atomic E-state index is 12.1. The Labute approximate surface area is 164 Å². The zero-order valence-electron chi connectivity index (χ0n) is 13.8. The lowest BCUT2D eigenvalue weighted by molar-refractivity contribution is -0.119. The molecule has 1 amide bonds. The number of nitriles is 1. The minimum atomic E-state index is -0.736. The zero-order valence-corrected chi connectivity index (χ0v) is 16.1. The highest BCUT2D eigenvalue weighted by Gasteiger charge is 2.14. The van der Waals surface area contributed by atoms with Crippen LogP contribution >= 0.6 is 35.0 Å². The standard InChI is InChI=1S/C17H13Cl2N3O3S/c1-9-3-12(26-8-20)4-10(2)15(9)22-14(23)7-25-17(24)11-5-13(18)16(19)21-6-11/h3-6H,7H2,1-2H3,(H,22,23). The number of rotatable bonds is 5. The number of hydrogen-bond acceptors (Lipinski definition) is 6. The van der Waals surface area contributed by atoms with Crippen LogP contribution in [0.15, 0.2) is 29.3 Å². The first kappa shape index (κ1) is 20.0. The van der Waals surface area contributed by atoms with Crippen molar-refractivity contribution in [3.63, 3.8) is 0 Å². The lowest BCUT2D eigenvalue weighted by Crippen LogP contribution is -2.22. The molecule has 0 atom stereocenters. The quantitative estimate of drug-likeness (QED) is 0.341. The third-order valence-electron chi connectivity index (χ3n) is 3.30. The fourth-order valence-corrected chi connectivity index (χ4v) is 3.00. The molecule has 6 nitrogen and oxygen atoms in total. The second-order valence-electron chi connectivity index (χ2n) is 5.25. The van der Waals surface area contributed by atoms with Gasteiger partial charge in [0.2, 0.25) is 0 Å².